The lowest BCUT2D eigenvalue weighted by Gasteiger charge is -2.34. The van der Waals surface area contributed by atoms with Gasteiger partial charge in [-0.05, 0) is 42.6 Å². The number of carbonyl (C=O) groups is 2. The molecule has 1 unspecified atom stereocenters. The van der Waals surface area contributed by atoms with Crippen molar-refractivity contribution in [2.45, 2.75) is 13.0 Å². The average Bonchev–Trinajstić information content (AvgIpc) is 3.23. The van der Waals surface area contributed by atoms with Crippen LogP contribution in [0.3, 0.4) is 0 Å². The molecule has 1 fully saturated rings. The van der Waals surface area contributed by atoms with E-state index in [1.165, 1.54) is 0 Å². The van der Waals surface area contributed by atoms with Gasteiger partial charge in [-0.3, -0.25) is 14.5 Å². The first-order chi connectivity index (χ1) is 13.1. The van der Waals surface area contributed by atoms with Crippen molar-refractivity contribution in [3.63, 3.8) is 0 Å². The summed E-state index contributed by atoms with van der Waals surface area (Å²) in [6, 6.07) is 11.2. The smallest absolute Gasteiger partial charge is 0.253 e. The molecule has 1 saturated heterocycles. The molecule has 27 heavy (non-hydrogen) atoms. The minimum absolute atomic E-state index is 0.0193. The van der Waals surface area contributed by atoms with Gasteiger partial charge in [0.05, 0.1) is 19.7 Å². The zero-order valence-corrected chi connectivity index (χ0v) is 16.5. The predicted octanol–water partition coefficient (Wildman–Crippen LogP) is 2.39. The van der Waals surface area contributed by atoms with E-state index >= 15 is 0 Å². The van der Waals surface area contributed by atoms with Crippen LogP contribution in [0.2, 0.25) is 0 Å². The molecule has 0 spiro atoms. The second-order valence-corrected chi connectivity index (χ2v) is 7.58. The molecule has 0 aliphatic carbocycles. The van der Waals surface area contributed by atoms with Crippen LogP contribution in [0.4, 0.5) is 0 Å². The van der Waals surface area contributed by atoms with Gasteiger partial charge in [-0.15, -0.1) is 11.3 Å². The van der Waals surface area contributed by atoms with Crippen LogP contribution in [-0.2, 0) is 4.79 Å². The van der Waals surface area contributed by atoms with E-state index in [9.17, 15) is 9.59 Å². The molecule has 0 radical (unpaired) electrons. The monoisotopic (exact) mass is 387 g/mol. The van der Waals surface area contributed by atoms with Crippen LogP contribution in [0.1, 0.15) is 28.2 Å². The Labute approximate surface area is 163 Å². The summed E-state index contributed by atoms with van der Waals surface area (Å²) < 4.78 is 5.13. The fraction of sp³-hybridized carbons (Fsp3) is 0.400. The number of ether oxygens (including phenoxy) is 1. The minimum Gasteiger partial charge on any atom is -0.497 e. The molecule has 0 bridgehead atoms. The highest BCUT2D eigenvalue weighted by atomic mass is 32.1. The first kappa shape index (κ1) is 19.4. The highest BCUT2D eigenvalue weighted by Crippen LogP contribution is 2.18. The van der Waals surface area contributed by atoms with E-state index in [0.717, 1.165) is 10.6 Å². The van der Waals surface area contributed by atoms with Gasteiger partial charge < -0.3 is 15.0 Å². The third kappa shape index (κ3) is 5.08. The van der Waals surface area contributed by atoms with Gasteiger partial charge in [0, 0.05) is 36.6 Å². The Bertz CT molecular complexity index is 753. The zero-order chi connectivity index (χ0) is 19.2. The molecular formula is C20H25N3O3S. The van der Waals surface area contributed by atoms with Gasteiger partial charge in [0.25, 0.3) is 5.91 Å². The van der Waals surface area contributed by atoms with E-state index in [4.69, 9.17) is 4.74 Å². The highest BCUT2D eigenvalue weighted by Gasteiger charge is 2.23. The lowest BCUT2D eigenvalue weighted by Crippen LogP contribution is -2.51. The Kier molecular flexibility index (Phi) is 6.47. The summed E-state index contributed by atoms with van der Waals surface area (Å²) in [6.45, 7) is 5.00. The molecule has 1 aromatic carbocycles. The molecule has 2 aromatic rings. The summed E-state index contributed by atoms with van der Waals surface area (Å²) in [4.78, 5) is 29.9. The zero-order valence-electron chi connectivity index (χ0n) is 15.7. The van der Waals surface area contributed by atoms with Gasteiger partial charge in [-0.2, -0.15) is 0 Å². The standard InChI is InChI=1S/C20H25N3O3S/c1-15(18-4-3-13-27-18)21-19(24)14-22-9-11-23(12-10-22)20(25)16-5-7-17(26-2)8-6-16/h3-8,13,15H,9-12,14H2,1-2H3,(H,21,24). The summed E-state index contributed by atoms with van der Waals surface area (Å²) in [7, 11) is 1.60. The van der Waals surface area contributed by atoms with Crippen LogP contribution in [0.25, 0.3) is 0 Å². The number of piperazine rings is 1. The van der Waals surface area contributed by atoms with Crippen molar-refractivity contribution < 1.29 is 14.3 Å². The second kappa shape index (κ2) is 9.01. The Morgan fingerprint density at radius 1 is 1.15 bits per heavy atom. The Morgan fingerprint density at radius 3 is 2.44 bits per heavy atom. The van der Waals surface area contributed by atoms with Crippen LogP contribution < -0.4 is 10.1 Å². The molecule has 1 aliphatic rings. The number of benzene rings is 1. The topological polar surface area (TPSA) is 61.9 Å². The van der Waals surface area contributed by atoms with E-state index in [-0.39, 0.29) is 17.9 Å². The second-order valence-electron chi connectivity index (χ2n) is 6.60. The number of nitrogens with zero attached hydrogens (tertiary/aromatic N) is 2. The summed E-state index contributed by atoms with van der Waals surface area (Å²) >= 11 is 1.64. The molecule has 0 saturated carbocycles. The van der Waals surface area contributed by atoms with Gasteiger partial charge in [0.15, 0.2) is 0 Å². The molecule has 144 valence electrons. The van der Waals surface area contributed by atoms with Gasteiger partial charge in [-0.25, -0.2) is 0 Å². The fourth-order valence-corrected chi connectivity index (χ4v) is 3.86. The summed E-state index contributed by atoms with van der Waals surface area (Å²) in [5, 5.41) is 5.05. The van der Waals surface area contributed by atoms with Crippen LogP contribution in [0.15, 0.2) is 41.8 Å². The lowest BCUT2D eigenvalue weighted by atomic mass is 10.1. The normalized spacial score (nSPS) is 16.0. The first-order valence-corrected chi connectivity index (χ1v) is 9.93. The minimum atomic E-state index is 0.0193. The molecule has 2 heterocycles. The van der Waals surface area contributed by atoms with Crippen LogP contribution in [0, 0.1) is 0 Å². The molecule has 2 amide bonds. The summed E-state index contributed by atoms with van der Waals surface area (Å²) in [5.74, 6) is 0.776. The lowest BCUT2D eigenvalue weighted by molar-refractivity contribution is -0.123. The maximum atomic E-state index is 12.6. The van der Waals surface area contributed by atoms with E-state index in [1.807, 2.05) is 29.3 Å². The Morgan fingerprint density at radius 2 is 1.85 bits per heavy atom. The van der Waals surface area contributed by atoms with Gasteiger partial charge >= 0.3 is 0 Å². The Hall–Kier alpha value is -2.38. The number of nitrogens with one attached hydrogen (secondary N) is 1. The SMILES string of the molecule is COc1ccc(C(=O)N2CCN(CC(=O)NC(C)c3cccs3)CC2)cc1. The van der Waals surface area contributed by atoms with Crippen molar-refractivity contribution in [2.75, 3.05) is 39.8 Å². The van der Waals surface area contributed by atoms with Crippen LogP contribution in [-0.4, -0.2) is 61.4 Å². The molecule has 7 heteroatoms. The number of methoxy groups -OCH3 is 1. The number of hydrogen-bond donors (Lipinski definition) is 1. The summed E-state index contributed by atoms with van der Waals surface area (Å²) in [5.41, 5.74) is 0.659. The first-order valence-electron chi connectivity index (χ1n) is 9.05. The van der Waals surface area contributed by atoms with Gasteiger partial charge in [0.2, 0.25) is 5.91 Å². The van der Waals surface area contributed by atoms with Crippen molar-refractivity contribution in [1.82, 2.24) is 15.1 Å². The maximum absolute atomic E-state index is 12.6. The molecule has 1 aliphatic heterocycles. The molecule has 1 N–H and O–H groups in total. The van der Waals surface area contributed by atoms with Gasteiger partial charge in [-0.1, -0.05) is 6.07 Å². The predicted molar refractivity (Wildman–Crippen MR) is 106 cm³/mol. The molecule has 1 aromatic heterocycles. The number of carbonyl (C=O) groups excluding carboxylic acids is 2. The van der Waals surface area contributed by atoms with Crippen molar-refractivity contribution in [3.8, 4) is 5.75 Å². The average molecular weight is 388 g/mol. The quantitative estimate of drug-likeness (QED) is 0.827. The summed E-state index contributed by atoms with van der Waals surface area (Å²) in [6.07, 6.45) is 0. The van der Waals surface area contributed by atoms with Crippen LogP contribution >= 0.6 is 11.3 Å². The molecule has 3 rings (SSSR count). The number of hydrogen-bond acceptors (Lipinski definition) is 5. The largest absolute Gasteiger partial charge is 0.497 e. The van der Waals surface area contributed by atoms with Gasteiger partial charge in [0.1, 0.15) is 5.75 Å². The van der Waals surface area contributed by atoms with E-state index in [2.05, 4.69) is 10.2 Å². The third-order valence-electron chi connectivity index (χ3n) is 4.71. The van der Waals surface area contributed by atoms with Crippen molar-refractivity contribution in [1.29, 1.82) is 0 Å². The molecule has 6 nitrogen and oxygen atoms in total. The fourth-order valence-electron chi connectivity index (χ4n) is 3.12. The number of amides is 2. The third-order valence-corrected chi connectivity index (χ3v) is 5.77. The van der Waals surface area contributed by atoms with E-state index in [0.29, 0.717) is 38.3 Å². The maximum Gasteiger partial charge on any atom is 0.253 e. The molecular weight excluding hydrogens is 362 g/mol. The van der Waals surface area contributed by atoms with Crippen LogP contribution in [0.5, 0.6) is 5.75 Å². The molecule has 1 atom stereocenters. The van der Waals surface area contributed by atoms with E-state index < -0.39 is 0 Å². The van der Waals surface area contributed by atoms with E-state index in [1.54, 1.807) is 42.7 Å². The van der Waals surface area contributed by atoms with Crippen molar-refractivity contribution in [3.05, 3.63) is 52.2 Å². The van der Waals surface area contributed by atoms with Crippen molar-refractivity contribution in [2.24, 2.45) is 0 Å². The van der Waals surface area contributed by atoms with Crippen molar-refractivity contribution >= 4 is 23.2 Å². The number of rotatable bonds is 6. The number of thiophene rings is 1. The Balaban J connectivity index is 1.45. The highest BCUT2D eigenvalue weighted by molar-refractivity contribution is 7.10.